The van der Waals surface area contributed by atoms with Gasteiger partial charge in [0.1, 0.15) is 0 Å². The molecule has 0 aliphatic heterocycles. The molecule has 0 bridgehead atoms. The fourth-order valence-corrected chi connectivity index (χ4v) is 1.75. The molecule has 0 heterocycles. The van der Waals surface area contributed by atoms with Gasteiger partial charge in [0.05, 0.1) is 6.61 Å². The Kier molecular flexibility index (Phi) is 3.07. The SMILES string of the molecule is Cc1cc(C(=O)NCC2(CO)CC2)ccc1N. The Hall–Kier alpha value is -1.55. The zero-order valence-corrected chi connectivity index (χ0v) is 9.99. The number of hydrogen-bond acceptors (Lipinski definition) is 3. The topological polar surface area (TPSA) is 75.3 Å². The Morgan fingerprint density at radius 3 is 2.76 bits per heavy atom. The van der Waals surface area contributed by atoms with Crippen molar-refractivity contribution in [1.82, 2.24) is 5.32 Å². The molecule has 4 heteroatoms. The molecule has 0 unspecified atom stereocenters. The summed E-state index contributed by atoms with van der Waals surface area (Å²) in [4.78, 5) is 11.9. The normalized spacial score (nSPS) is 16.6. The Morgan fingerprint density at radius 1 is 1.53 bits per heavy atom. The van der Waals surface area contributed by atoms with Crippen LogP contribution in [0, 0.1) is 12.3 Å². The van der Waals surface area contributed by atoms with Gasteiger partial charge in [0, 0.05) is 23.2 Å². The van der Waals surface area contributed by atoms with Crippen molar-refractivity contribution in [3.63, 3.8) is 0 Å². The Balaban J connectivity index is 1.97. The number of aryl methyl sites for hydroxylation is 1. The smallest absolute Gasteiger partial charge is 0.251 e. The number of nitrogens with two attached hydrogens (primary N) is 1. The highest BCUT2D eigenvalue weighted by Crippen LogP contribution is 2.44. The van der Waals surface area contributed by atoms with Crippen molar-refractivity contribution in [2.45, 2.75) is 19.8 Å². The second kappa shape index (κ2) is 4.37. The lowest BCUT2D eigenvalue weighted by Gasteiger charge is -2.13. The first kappa shape index (κ1) is 11.9. The molecule has 0 atom stereocenters. The van der Waals surface area contributed by atoms with Crippen LogP contribution in [0.4, 0.5) is 5.69 Å². The van der Waals surface area contributed by atoms with Crippen molar-refractivity contribution >= 4 is 11.6 Å². The van der Waals surface area contributed by atoms with Crippen LogP contribution < -0.4 is 11.1 Å². The van der Waals surface area contributed by atoms with E-state index in [9.17, 15) is 4.79 Å². The van der Waals surface area contributed by atoms with Crippen LogP contribution in [0.3, 0.4) is 0 Å². The molecule has 92 valence electrons. The number of rotatable bonds is 4. The van der Waals surface area contributed by atoms with Gasteiger partial charge < -0.3 is 16.2 Å². The van der Waals surface area contributed by atoms with Gasteiger partial charge in [-0.05, 0) is 43.5 Å². The number of aliphatic hydroxyl groups is 1. The molecule has 0 aromatic heterocycles. The lowest BCUT2D eigenvalue weighted by Crippen LogP contribution is -2.31. The van der Waals surface area contributed by atoms with E-state index >= 15 is 0 Å². The van der Waals surface area contributed by atoms with Crippen molar-refractivity contribution in [2.24, 2.45) is 5.41 Å². The summed E-state index contributed by atoms with van der Waals surface area (Å²) < 4.78 is 0. The van der Waals surface area contributed by atoms with Gasteiger partial charge in [-0.1, -0.05) is 0 Å². The molecule has 1 amide bonds. The summed E-state index contributed by atoms with van der Waals surface area (Å²) in [7, 11) is 0. The van der Waals surface area contributed by atoms with Crippen molar-refractivity contribution in [1.29, 1.82) is 0 Å². The molecule has 1 fully saturated rings. The van der Waals surface area contributed by atoms with E-state index in [1.807, 2.05) is 6.92 Å². The fourth-order valence-electron chi connectivity index (χ4n) is 1.75. The summed E-state index contributed by atoms with van der Waals surface area (Å²) in [6, 6.07) is 5.24. The molecular weight excluding hydrogens is 216 g/mol. The molecule has 1 aliphatic carbocycles. The van der Waals surface area contributed by atoms with Gasteiger partial charge in [0.25, 0.3) is 5.91 Å². The Morgan fingerprint density at radius 2 is 2.24 bits per heavy atom. The number of benzene rings is 1. The third kappa shape index (κ3) is 2.58. The number of nitrogens with one attached hydrogen (secondary N) is 1. The molecule has 4 N–H and O–H groups in total. The summed E-state index contributed by atoms with van der Waals surface area (Å²) >= 11 is 0. The minimum absolute atomic E-state index is 0.0570. The van der Waals surface area contributed by atoms with Gasteiger partial charge in [-0.15, -0.1) is 0 Å². The fraction of sp³-hybridized carbons (Fsp3) is 0.462. The number of carbonyl (C=O) groups excluding carboxylic acids is 1. The maximum Gasteiger partial charge on any atom is 0.251 e. The largest absolute Gasteiger partial charge is 0.399 e. The number of hydrogen-bond donors (Lipinski definition) is 3. The average molecular weight is 234 g/mol. The summed E-state index contributed by atoms with van der Waals surface area (Å²) in [6.07, 6.45) is 1.98. The highest BCUT2D eigenvalue weighted by molar-refractivity contribution is 5.94. The lowest BCUT2D eigenvalue weighted by atomic mass is 10.1. The van der Waals surface area contributed by atoms with Crippen LogP contribution >= 0.6 is 0 Å². The first-order valence-corrected chi connectivity index (χ1v) is 5.81. The molecule has 4 nitrogen and oxygen atoms in total. The maximum absolute atomic E-state index is 11.9. The van der Waals surface area contributed by atoms with Crippen molar-refractivity contribution in [3.05, 3.63) is 29.3 Å². The van der Waals surface area contributed by atoms with E-state index in [-0.39, 0.29) is 17.9 Å². The van der Waals surface area contributed by atoms with Gasteiger partial charge in [-0.2, -0.15) is 0 Å². The predicted molar refractivity (Wildman–Crippen MR) is 66.7 cm³/mol. The third-order valence-corrected chi connectivity index (χ3v) is 3.45. The van der Waals surface area contributed by atoms with Crippen LogP contribution in [0.25, 0.3) is 0 Å². The zero-order valence-electron chi connectivity index (χ0n) is 9.99. The third-order valence-electron chi connectivity index (χ3n) is 3.45. The highest BCUT2D eigenvalue weighted by Gasteiger charge is 2.42. The van der Waals surface area contributed by atoms with E-state index in [0.717, 1.165) is 18.4 Å². The van der Waals surface area contributed by atoms with Crippen LogP contribution in [-0.4, -0.2) is 24.2 Å². The van der Waals surface area contributed by atoms with Gasteiger partial charge >= 0.3 is 0 Å². The van der Waals surface area contributed by atoms with E-state index in [4.69, 9.17) is 10.8 Å². The first-order valence-electron chi connectivity index (χ1n) is 5.81. The number of amides is 1. The van der Waals surface area contributed by atoms with E-state index in [0.29, 0.717) is 17.8 Å². The molecule has 0 saturated heterocycles. The predicted octanol–water partition coefficient (Wildman–Crippen LogP) is 1.08. The molecule has 0 spiro atoms. The minimum Gasteiger partial charge on any atom is -0.399 e. The van der Waals surface area contributed by atoms with Gasteiger partial charge in [0.15, 0.2) is 0 Å². The molecule has 0 radical (unpaired) electrons. The molecule has 17 heavy (non-hydrogen) atoms. The van der Waals surface area contributed by atoms with Crippen LogP contribution in [0.2, 0.25) is 0 Å². The Labute approximate surface area is 101 Å². The minimum atomic E-state index is -0.104. The van der Waals surface area contributed by atoms with Crippen LogP contribution in [0.1, 0.15) is 28.8 Å². The van der Waals surface area contributed by atoms with Crippen molar-refractivity contribution in [3.8, 4) is 0 Å². The molecule has 1 saturated carbocycles. The van der Waals surface area contributed by atoms with E-state index in [2.05, 4.69) is 5.32 Å². The summed E-state index contributed by atoms with van der Waals surface area (Å²) in [6.45, 7) is 2.57. The molecule has 1 aromatic carbocycles. The molecule has 2 rings (SSSR count). The van der Waals surface area contributed by atoms with Crippen LogP contribution in [0.15, 0.2) is 18.2 Å². The lowest BCUT2D eigenvalue weighted by molar-refractivity contribution is 0.0935. The molecule has 1 aromatic rings. The van der Waals surface area contributed by atoms with E-state index < -0.39 is 0 Å². The maximum atomic E-state index is 11.9. The zero-order chi connectivity index (χ0) is 12.5. The van der Waals surface area contributed by atoms with Gasteiger partial charge in [0.2, 0.25) is 0 Å². The second-order valence-electron chi connectivity index (χ2n) is 4.91. The second-order valence-corrected chi connectivity index (χ2v) is 4.91. The summed E-state index contributed by atoms with van der Waals surface area (Å²) in [5.41, 5.74) is 7.85. The number of nitrogen functional groups attached to an aromatic ring is 1. The van der Waals surface area contributed by atoms with Crippen molar-refractivity contribution < 1.29 is 9.90 Å². The van der Waals surface area contributed by atoms with Gasteiger partial charge in [-0.3, -0.25) is 4.79 Å². The highest BCUT2D eigenvalue weighted by atomic mass is 16.3. The average Bonchev–Trinajstić information content (AvgIpc) is 3.10. The number of carbonyl (C=O) groups is 1. The standard InChI is InChI=1S/C13H18N2O2/c1-9-6-10(2-3-11(9)14)12(17)15-7-13(8-16)4-5-13/h2-3,6,16H,4-5,7-8,14H2,1H3,(H,15,17). The monoisotopic (exact) mass is 234 g/mol. The van der Waals surface area contributed by atoms with Gasteiger partial charge in [-0.25, -0.2) is 0 Å². The molecule has 1 aliphatic rings. The van der Waals surface area contributed by atoms with E-state index in [1.165, 1.54) is 0 Å². The number of aliphatic hydroxyl groups excluding tert-OH is 1. The van der Waals surface area contributed by atoms with Crippen LogP contribution in [-0.2, 0) is 0 Å². The Bertz CT molecular complexity index is 439. The van der Waals surface area contributed by atoms with Crippen LogP contribution in [0.5, 0.6) is 0 Å². The van der Waals surface area contributed by atoms with Crippen molar-refractivity contribution in [2.75, 3.05) is 18.9 Å². The number of anilines is 1. The van der Waals surface area contributed by atoms with E-state index in [1.54, 1.807) is 18.2 Å². The summed E-state index contributed by atoms with van der Waals surface area (Å²) in [5.74, 6) is -0.104. The first-order chi connectivity index (χ1) is 8.06. The summed E-state index contributed by atoms with van der Waals surface area (Å²) in [5, 5.41) is 12.0. The molecular formula is C13H18N2O2. The quantitative estimate of drug-likeness (QED) is 0.682.